The van der Waals surface area contributed by atoms with Crippen LogP contribution in [0.3, 0.4) is 0 Å². The maximum Gasteiger partial charge on any atom is 0.307 e. The Morgan fingerprint density at radius 2 is 2.07 bits per heavy atom. The maximum atomic E-state index is 13.9. The highest BCUT2D eigenvalue weighted by molar-refractivity contribution is 5.70. The zero-order valence-electron chi connectivity index (χ0n) is 8.42. The Hall–Kier alpha value is -1.38. The Morgan fingerprint density at radius 1 is 1.33 bits per heavy atom. The van der Waals surface area contributed by atoms with E-state index in [1.54, 1.807) is 6.07 Å². The SMILES string of the molecule is O=C(O)Cc1ccc2c(c1F)CCCC2. The number of benzene rings is 1. The Kier molecular flexibility index (Phi) is 2.71. The van der Waals surface area contributed by atoms with Gasteiger partial charge in [0.05, 0.1) is 6.42 Å². The number of hydrogen-bond donors (Lipinski definition) is 1. The third kappa shape index (κ3) is 2.01. The molecule has 0 heterocycles. The van der Waals surface area contributed by atoms with Crippen molar-refractivity contribution < 1.29 is 14.3 Å². The van der Waals surface area contributed by atoms with Gasteiger partial charge in [0.2, 0.25) is 0 Å². The van der Waals surface area contributed by atoms with Crippen molar-refractivity contribution in [2.24, 2.45) is 0 Å². The van der Waals surface area contributed by atoms with Gasteiger partial charge in [0, 0.05) is 0 Å². The number of carboxylic acids is 1. The van der Waals surface area contributed by atoms with Crippen molar-refractivity contribution in [2.45, 2.75) is 32.1 Å². The first kappa shape index (κ1) is 10.1. The second kappa shape index (κ2) is 4.01. The molecular formula is C12H13FO2. The second-order valence-electron chi connectivity index (χ2n) is 3.95. The van der Waals surface area contributed by atoms with E-state index in [0.717, 1.165) is 36.8 Å². The molecule has 0 bridgehead atoms. The van der Waals surface area contributed by atoms with Gasteiger partial charge in [0.15, 0.2) is 0 Å². The topological polar surface area (TPSA) is 37.3 Å². The van der Waals surface area contributed by atoms with E-state index in [0.29, 0.717) is 5.56 Å². The van der Waals surface area contributed by atoms with Gasteiger partial charge < -0.3 is 5.11 Å². The monoisotopic (exact) mass is 208 g/mol. The van der Waals surface area contributed by atoms with Gasteiger partial charge in [-0.3, -0.25) is 4.79 Å². The van der Waals surface area contributed by atoms with Gasteiger partial charge in [-0.1, -0.05) is 12.1 Å². The summed E-state index contributed by atoms with van der Waals surface area (Å²) < 4.78 is 13.9. The average molecular weight is 208 g/mol. The lowest BCUT2D eigenvalue weighted by atomic mass is 9.89. The molecule has 1 aromatic rings. The minimum absolute atomic E-state index is 0.223. The van der Waals surface area contributed by atoms with Crippen molar-refractivity contribution in [3.05, 3.63) is 34.6 Å². The van der Waals surface area contributed by atoms with Crippen LogP contribution in [0.25, 0.3) is 0 Å². The summed E-state index contributed by atoms with van der Waals surface area (Å²) in [7, 11) is 0. The first-order valence-electron chi connectivity index (χ1n) is 5.19. The summed E-state index contributed by atoms with van der Waals surface area (Å²) in [4.78, 5) is 10.5. The molecule has 0 aliphatic heterocycles. The smallest absolute Gasteiger partial charge is 0.307 e. The van der Waals surface area contributed by atoms with Gasteiger partial charge in [0.25, 0.3) is 0 Å². The molecule has 0 spiro atoms. The number of aryl methyl sites for hydroxylation is 1. The molecule has 3 heteroatoms. The number of aliphatic carboxylic acids is 1. The van der Waals surface area contributed by atoms with Gasteiger partial charge >= 0.3 is 5.97 Å². The summed E-state index contributed by atoms with van der Waals surface area (Å²) >= 11 is 0. The van der Waals surface area contributed by atoms with Crippen LogP contribution in [0.4, 0.5) is 4.39 Å². The first-order chi connectivity index (χ1) is 7.18. The minimum atomic E-state index is -0.982. The number of rotatable bonds is 2. The summed E-state index contributed by atoms with van der Waals surface area (Å²) in [5, 5.41) is 8.63. The van der Waals surface area contributed by atoms with Crippen LogP contribution < -0.4 is 0 Å². The molecular weight excluding hydrogens is 195 g/mol. The number of halogens is 1. The van der Waals surface area contributed by atoms with Gasteiger partial charge in [-0.25, -0.2) is 4.39 Å². The van der Waals surface area contributed by atoms with Crippen LogP contribution in [-0.4, -0.2) is 11.1 Å². The standard InChI is InChI=1S/C12H13FO2/c13-12-9(7-11(14)15)6-5-8-3-1-2-4-10(8)12/h5-6H,1-4,7H2,(H,14,15). The van der Waals surface area contributed by atoms with E-state index in [1.165, 1.54) is 0 Å². The first-order valence-corrected chi connectivity index (χ1v) is 5.19. The molecule has 1 aromatic carbocycles. The fourth-order valence-corrected chi connectivity index (χ4v) is 2.13. The molecule has 0 saturated heterocycles. The molecule has 0 atom stereocenters. The van der Waals surface area contributed by atoms with Gasteiger partial charge in [-0.15, -0.1) is 0 Å². The number of carboxylic acid groups (broad SMARTS) is 1. The van der Waals surface area contributed by atoms with E-state index >= 15 is 0 Å². The minimum Gasteiger partial charge on any atom is -0.481 e. The normalized spacial score (nSPS) is 14.7. The van der Waals surface area contributed by atoms with Crippen LogP contribution in [0, 0.1) is 5.82 Å². The molecule has 80 valence electrons. The summed E-state index contributed by atoms with van der Waals surface area (Å²) in [5.74, 6) is -1.28. The molecule has 0 aromatic heterocycles. The van der Waals surface area contributed by atoms with Crippen molar-refractivity contribution in [3.8, 4) is 0 Å². The highest BCUT2D eigenvalue weighted by atomic mass is 19.1. The number of fused-ring (bicyclic) bond motifs is 1. The fraction of sp³-hybridized carbons (Fsp3) is 0.417. The second-order valence-corrected chi connectivity index (χ2v) is 3.95. The van der Waals surface area contributed by atoms with Crippen LogP contribution in [0.2, 0.25) is 0 Å². The lowest BCUT2D eigenvalue weighted by molar-refractivity contribution is -0.136. The fourth-order valence-electron chi connectivity index (χ4n) is 2.13. The zero-order chi connectivity index (χ0) is 10.8. The van der Waals surface area contributed by atoms with Crippen molar-refractivity contribution in [1.29, 1.82) is 0 Å². The third-order valence-electron chi connectivity index (χ3n) is 2.88. The van der Waals surface area contributed by atoms with Crippen molar-refractivity contribution >= 4 is 5.97 Å². The van der Waals surface area contributed by atoms with E-state index in [9.17, 15) is 9.18 Å². The highest BCUT2D eigenvalue weighted by Gasteiger charge is 2.17. The van der Waals surface area contributed by atoms with Gasteiger partial charge in [-0.05, 0) is 42.4 Å². The molecule has 0 radical (unpaired) electrons. The van der Waals surface area contributed by atoms with Crippen molar-refractivity contribution in [1.82, 2.24) is 0 Å². The van der Waals surface area contributed by atoms with E-state index < -0.39 is 5.97 Å². The van der Waals surface area contributed by atoms with E-state index in [2.05, 4.69) is 0 Å². The summed E-state index contributed by atoms with van der Waals surface area (Å²) in [6.07, 6.45) is 3.54. The molecule has 2 rings (SSSR count). The Morgan fingerprint density at radius 3 is 2.80 bits per heavy atom. The van der Waals surface area contributed by atoms with Crippen LogP contribution in [0.15, 0.2) is 12.1 Å². The summed E-state index contributed by atoms with van der Waals surface area (Å²) in [5.41, 5.74) is 2.09. The van der Waals surface area contributed by atoms with Crippen LogP contribution >= 0.6 is 0 Å². The molecule has 2 nitrogen and oxygen atoms in total. The molecule has 1 aliphatic rings. The lowest BCUT2D eigenvalue weighted by Crippen LogP contribution is -2.10. The van der Waals surface area contributed by atoms with Crippen LogP contribution in [0.5, 0.6) is 0 Å². The maximum absolute atomic E-state index is 13.9. The van der Waals surface area contributed by atoms with Crippen LogP contribution in [-0.2, 0) is 24.1 Å². The molecule has 0 saturated carbocycles. The summed E-state index contributed by atoms with van der Waals surface area (Å²) in [6, 6.07) is 3.48. The predicted octanol–water partition coefficient (Wildman–Crippen LogP) is 2.33. The Balaban J connectivity index is 2.38. The Labute approximate surface area is 87.7 Å². The van der Waals surface area contributed by atoms with E-state index in [1.807, 2.05) is 6.07 Å². The number of hydrogen-bond acceptors (Lipinski definition) is 1. The van der Waals surface area contributed by atoms with E-state index in [4.69, 9.17) is 5.11 Å². The lowest BCUT2D eigenvalue weighted by Gasteiger charge is -2.17. The average Bonchev–Trinajstić information content (AvgIpc) is 2.22. The van der Waals surface area contributed by atoms with E-state index in [-0.39, 0.29) is 12.2 Å². The summed E-state index contributed by atoms with van der Waals surface area (Å²) in [6.45, 7) is 0. The molecule has 1 aliphatic carbocycles. The van der Waals surface area contributed by atoms with Gasteiger partial charge in [0.1, 0.15) is 5.82 Å². The molecule has 0 unspecified atom stereocenters. The molecule has 15 heavy (non-hydrogen) atoms. The predicted molar refractivity (Wildman–Crippen MR) is 54.4 cm³/mol. The van der Waals surface area contributed by atoms with Gasteiger partial charge in [-0.2, -0.15) is 0 Å². The molecule has 0 amide bonds. The molecule has 0 fully saturated rings. The molecule has 1 N–H and O–H groups in total. The Bertz CT molecular complexity index is 399. The van der Waals surface area contributed by atoms with Crippen molar-refractivity contribution in [2.75, 3.05) is 0 Å². The zero-order valence-corrected chi connectivity index (χ0v) is 8.42. The van der Waals surface area contributed by atoms with Crippen molar-refractivity contribution in [3.63, 3.8) is 0 Å². The third-order valence-corrected chi connectivity index (χ3v) is 2.88. The quantitative estimate of drug-likeness (QED) is 0.809. The van der Waals surface area contributed by atoms with Crippen LogP contribution in [0.1, 0.15) is 29.5 Å². The number of carbonyl (C=O) groups is 1. The highest BCUT2D eigenvalue weighted by Crippen LogP contribution is 2.26. The largest absolute Gasteiger partial charge is 0.481 e.